The van der Waals surface area contributed by atoms with Crippen LogP contribution in [0.5, 0.6) is 11.5 Å². The number of carboxylic acids is 1. The SMILES string of the molecule is CN(C(=O)C(c1ccccc1)c1ccccc1)c1ccc(N2CCCOc3ccc(F)cc32)nc1C(=O)O.COC(=O)c1nc(N2CCCOc3ccc(F)cc32)ccc1N(C)C(=O)C(c1ccccc1)c1ccccc1. The number of aromatic nitrogens is 2. The fourth-order valence-electron chi connectivity index (χ4n) is 9.46. The number of hydrogen-bond acceptors (Lipinski definition) is 11. The third-order valence-corrected chi connectivity index (χ3v) is 13.3. The van der Waals surface area contributed by atoms with E-state index >= 15 is 0 Å². The Morgan fingerprint density at radius 2 is 0.896 bits per heavy atom. The van der Waals surface area contributed by atoms with Crippen LogP contribution in [0.2, 0.25) is 0 Å². The molecule has 2 amide bonds. The summed E-state index contributed by atoms with van der Waals surface area (Å²) in [6, 6.07) is 52.8. The lowest BCUT2D eigenvalue weighted by molar-refractivity contribution is -0.119. The highest BCUT2D eigenvalue weighted by Crippen LogP contribution is 2.40. The average molecular weight is 1040 g/mol. The zero-order valence-electron chi connectivity index (χ0n) is 42.5. The molecule has 0 radical (unpaired) electrons. The van der Waals surface area contributed by atoms with E-state index in [4.69, 9.17) is 14.2 Å². The predicted molar refractivity (Wildman–Crippen MR) is 290 cm³/mol. The van der Waals surface area contributed by atoms with Crippen LogP contribution in [-0.2, 0) is 14.3 Å². The van der Waals surface area contributed by atoms with Gasteiger partial charge in [-0.3, -0.25) is 9.59 Å². The minimum Gasteiger partial charge on any atom is -0.491 e. The average Bonchev–Trinajstić information content (AvgIpc) is 3.82. The van der Waals surface area contributed by atoms with Crippen molar-refractivity contribution in [2.45, 2.75) is 24.7 Å². The molecule has 6 aromatic carbocycles. The number of aromatic carboxylic acids is 1. The van der Waals surface area contributed by atoms with Gasteiger partial charge in [0.05, 0.1) is 54.9 Å². The number of anilines is 6. The Kier molecular flexibility index (Phi) is 16.2. The molecule has 0 bridgehead atoms. The largest absolute Gasteiger partial charge is 0.491 e. The Morgan fingerprint density at radius 1 is 0.532 bits per heavy atom. The van der Waals surface area contributed by atoms with E-state index in [1.165, 1.54) is 41.2 Å². The number of carbonyl (C=O) groups excluding carboxylic acids is 3. The van der Waals surface area contributed by atoms with Crippen molar-refractivity contribution in [1.29, 1.82) is 0 Å². The monoisotopic (exact) mass is 1040 g/mol. The Labute approximate surface area is 444 Å². The molecule has 10 rings (SSSR count). The predicted octanol–water partition coefficient (Wildman–Crippen LogP) is 11.4. The number of nitrogens with zero attached hydrogens (tertiary/aromatic N) is 6. The number of rotatable bonds is 12. The second-order valence-electron chi connectivity index (χ2n) is 18.1. The van der Waals surface area contributed by atoms with Gasteiger partial charge in [-0.1, -0.05) is 121 Å². The summed E-state index contributed by atoms with van der Waals surface area (Å²) in [4.78, 5) is 68.6. The van der Waals surface area contributed by atoms with Gasteiger partial charge in [0.2, 0.25) is 11.8 Å². The zero-order valence-corrected chi connectivity index (χ0v) is 42.5. The van der Waals surface area contributed by atoms with Crippen LogP contribution < -0.4 is 29.1 Å². The minimum absolute atomic E-state index is 0.0196. The summed E-state index contributed by atoms with van der Waals surface area (Å²) in [5.41, 5.74) is 4.39. The lowest BCUT2D eigenvalue weighted by Gasteiger charge is -2.27. The van der Waals surface area contributed by atoms with E-state index < -0.39 is 35.4 Å². The molecule has 2 aliphatic rings. The number of esters is 1. The van der Waals surface area contributed by atoms with Crippen molar-refractivity contribution in [3.8, 4) is 11.5 Å². The van der Waals surface area contributed by atoms with Gasteiger partial charge in [0.25, 0.3) is 0 Å². The molecule has 2 aromatic heterocycles. The third kappa shape index (κ3) is 11.6. The number of halogens is 2. The summed E-state index contributed by atoms with van der Waals surface area (Å²) in [5.74, 6) is -2.81. The van der Waals surface area contributed by atoms with E-state index in [2.05, 4.69) is 9.97 Å². The van der Waals surface area contributed by atoms with Crippen LogP contribution in [0.4, 0.5) is 43.2 Å². The summed E-state index contributed by atoms with van der Waals surface area (Å²) in [6.45, 7) is 1.87. The van der Waals surface area contributed by atoms with Crippen molar-refractivity contribution >= 4 is 58.1 Å². The van der Waals surface area contributed by atoms with Gasteiger partial charge >= 0.3 is 11.9 Å². The molecule has 77 heavy (non-hydrogen) atoms. The Bertz CT molecular complexity index is 3310. The standard InChI is InChI=1S/C31H28FN3O4.C30H26FN3O4/c1-34(30(36)28(21-10-5-3-6-11-21)22-12-7-4-8-13-22)24-15-17-27(33-29(24)31(37)38-2)35-18-9-19-39-26-16-14-23(32)20-25(26)35;1-33(29(35)27(20-9-4-2-5-10-20)21-11-6-3-7-12-21)23-14-16-26(32-28(23)30(36)37)34-17-8-18-38-25-15-13-22(31)19-24(25)34/h3-8,10-17,20,28H,9,18-19H2,1-2H3;2-7,9-16,19,27H,8,17-18H2,1H3,(H,36,37). The first-order chi connectivity index (χ1) is 37.4. The molecule has 14 nitrogen and oxygen atoms in total. The van der Waals surface area contributed by atoms with Gasteiger partial charge in [-0.2, -0.15) is 0 Å². The number of fused-ring (bicyclic) bond motifs is 2. The van der Waals surface area contributed by atoms with Crippen LogP contribution in [0.1, 0.15) is 67.9 Å². The lowest BCUT2D eigenvalue weighted by Crippen LogP contribution is -2.34. The number of pyridine rings is 2. The molecular formula is C61H54F2N6O8. The Morgan fingerprint density at radius 3 is 1.26 bits per heavy atom. The van der Waals surface area contributed by atoms with E-state index in [0.717, 1.165) is 22.3 Å². The summed E-state index contributed by atoms with van der Waals surface area (Å²) in [6.07, 6.45) is 1.30. The number of hydrogen-bond donors (Lipinski definition) is 1. The molecule has 0 aliphatic carbocycles. The van der Waals surface area contributed by atoms with Gasteiger partial charge in [-0.25, -0.2) is 28.3 Å². The molecule has 2 aliphatic heterocycles. The van der Waals surface area contributed by atoms with Crippen LogP contribution in [0, 0.1) is 11.6 Å². The molecule has 0 fully saturated rings. The maximum Gasteiger partial charge on any atom is 0.358 e. The maximum atomic E-state index is 14.2. The summed E-state index contributed by atoms with van der Waals surface area (Å²) in [5, 5.41) is 10.1. The number of ether oxygens (including phenoxy) is 3. The normalized spacial score (nSPS) is 12.8. The molecule has 0 atom stereocenters. The molecule has 0 unspecified atom stereocenters. The highest BCUT2D eigenvalue weighted by Gasteiger charge is 2.33. The number of amides is 2. The number of benzene rings is 6. The fourth-order valence-corrected chi connectivity index (χ4v) is 9.46. The van der Waals surface area contributed by atoms with Crippen molar-refractivity contribution in [2.75, 3.05) is 67.1 Å². The molecule has 8 aromatic rings. The first kappa shape index (κ1) is 52.4. The summed E-state index contributed by atoms with van der Waals surface area (Å²) >= 11 is 0. The first-order valence-electron chi connectivity index (χ1n) is 24.9. The smallest absolute Gasteiger partial charge is 0.358 e. The van der Waals surface area contributed by atoms with E-state index in [-0.39, 0.29) is 28.9 Å². The van der Waals surface area contributed by atoms with Crippen molar-refractivity contribution in [1.82, 2.24) is 9.97 Å². The summed E-state index contributed by atoms with van der Waals surface area (Å²) < 4.78 is 44.8. The highest BCUT2D eigenvalue weighted by molar-refractivity contribution is 6.06. The topological polar surface area (TPSA) is 155 Å². The van der Waals surface area contributed by atoms with Crippen LogP contribution in [0.15, 0.2) is 182 Å². The van der Waals surface area contributed by atoms with Crippen molar-refractivity contribution < 1.29 is 47.3 Å². The summed E-state index contributed by atoms with van der Waals surface area (Å²) in [7, 11) is 4.44. The Balaban J connectivity index is 0.000000188. The van der Waals surface area contributed by atoms with Crippen molar-refractivity contribution in [3.63, 3.8) is 0 Å². The molecule has 1 N–H and O–H groups in total. The Hall–Kier alpha value is -9.44. The minimum atomic E-state index is -1.27. The highest BCUT2D eigenvalue weighted by atomic mass is 19.1. The van der Waals surface area contributed by atoms with Crippen molar-refractivity contribution in [3.05, 3.63) is 227 Å². The second kappa shape index (κ2) is 23.8. The van der Waals surface area contributed by atoms with E-state index in [1.807, 2.05) is 121 Å². The van der Waals surface area contributed by atoms with Crippen LogP contribution in [0.25, 0.3) is 0 Å². The number of carbonyl (C=O) groups is 4. The molecule has 0 saturated carbocycles. The molecule has 0 saturated heterocycles. The third-order valence-electron chi connectivity index (χ3n) is 13.3. The molecule has 4 heterocycles. The van der Waals surface area contributed by atoms with Crippen molar-refractivity contribution in [2.24, 2.45) is 0 Å². The lowest BCUT2D eigenvalue weighted by atomic mass is 9.90. The van der Waals surface area contributed by atoms with Gasteiger partial charge in [0, 0.05) is 39.3 Å². The quantitative estimate of drug-likeness (QED) is 0.116. The van der Waals surface area contributed by atoms with Gasteiger partial charge in [-0.05, 0) is 83.6 Å². The van der Waals surface area contributed by atoms with Crippen LogP contribution in [0.3, 0.4) is 0 Å². The van der Waals surface area contributed by atoms with E-state index in [1.54, 1.807) is 60.3 Å². The number of methoxy groups -OCH3 is 1. The van der Waals surface area contributed by atoms with E-state index in [9.17, 15) is 33.1 Å². The van der Waals surface area contributed by atoms with Gasteiger partial charge in [-0.15, -0.1) is 0 Å². The second-order valence-corrected chi connectivity index (χ2v) is 18.1. The molecule has 390 valence electrons. The van der Waals surface area contributed by atoms with E-state index in [0.29, 0.717) is 79.3 Å². The number of carboxylic acid groups (broad SMARTS) is 1. The molecule has 16 heteroatoms. The van der Waals surface area contributed by atoms with Crippen LogP contribution in [-0.4, -0.2) is 86.3 Å². The van der Waals surface area contributed by atoms with Gasteiger partial charge in [0.15, 0.2) is 11.4 Å². The molecule has 0 spiro atoms. The zero-order chi connectivity index (χ0) is 54.0. The molecular weight excluding hydrogens is 983 g/mol. The fraction of sp³-hybridized carbons (Fsp3) is 0.180. The van der Waals surface area contributed by atoms with Gasteiger partial charge < -0.3 is 38.9 Å². The first-order valence-corrected chi connectivity index (χ1v) is 24.9. The van der Waals surface area contributed by atoms with Crippen LogP contribution >= 0.6 is 0 Å². The van der Waals surface area contributed by atoms with Gasteiger partial charge in [0.1, 0.15) is 34.8 Å². The number of likely N-dealkylation sites (N-methyl/N-ethyl adjacent to an activating group) is 2. The maximum absolute atomic E-state index is 14.2.